The maximum atomic E-state index is 12.5. The minimum Gasteiger partial charge on any atom is -0.460 e. The van der Waals surface area contributed by atoms with Gasteiger partial charge in [0.1, 0.15) is 12.4 Å². The van der Waals surface area contributed by atoms with Crippen molar-refractivity contribution in [3.63, 3.8) is 0 Å². The first-order chi connectivity index (χ1) is 11.6. The van der Waals surface area contributed by atoms with Crippen LogP contribution in [0.2, 0.25) is 0 Å². The Hall–Kier alpha value is -2.47. The monoisotopic (exact) mass is 386 g/mol. The number of carbonyl (C=O) groups excluding carboxylic acids is 1. The summed E-state index contributed by atoms with van der Waals surface area (Å²) in [6.07, 6.45) is 0. The summed E-state index contributed by atoms with van der Waals surface area (Å²) in [5.74, 6) is 0.181. The molecular formula is C18H15BrN2O3. The van der Waals surface area contributed by atoms with Crippen LogP contribution in [0.25, 0.3) is 10.9 Å². The second-order valence-electron chi connectivity index (χ2n) is 5.28. The molecule has 0 radical (unpaired) electrons. The molecule has 0 aliphatic rings. The molecule has 0 aliphatic heterocycles. The Morgan fingerprint density at radius 2 is 1.88 bits per heavy atom. The number of carbonyl (C=O) groups is 1. The molecule has 1 aromatic heterocycles. The van der Waals surface area contributed by atoms with Crippen molar-refractivity contribution in [1.29, 1.82) is 0 Å². The summed E-state index contributed by atoms with van der Waals surface area (Å²) in [5.41, 5.74) is 1.01. The van der Waals surface area contributed by atoms with Gasteiger partial charge in [-0.2, -0.15) is 0 Å². The average molecular weight is 387 g/mol. The van der Waals surface area contributed by atoms with Crippen molar-refractivity contribution in [1.82, 2.24) is 9.55 Å². The van der Waals surface area contributed by atoms with Gasteiger partial charge in [-0.1, -0.05) is 28.1 Å². The van der Waals surface area contributed by atoms with E-state index < -0.39 is 5.97 Å². The lowest BCUT2D eigenvalue weighted by atomic mass is 10.2. The van der Waals surface area contributed by atoms with Gasteiger partial charge in [0, 0.05) is 4.47 Å². The maximum absolute atomic E-state index is 12.5. The molecule has 3 aromatic rings. The van der Waals surface area contributed by atoms with Crippen molar-refractivity contribution in [2.75, 3.05) is 6.61 Å². The Morgan fingerprint density at radius 1 is 1.17 bits per heavy atom. The number of hydrogen-bond acceptors (Lipinski definition) is 4. The zero-order chi connectivity index (χ0) is 17.1. The fourth-order valence-electron chi connectivity index (χ4n) is 2.44. The first kappa shape index (κ1) is 16.4. The minimum atomic E-state index is -0.415. The van der Waals surface area contributed by atoms with Gasteiger partial charge in [0.2, 0.25) is 0 Å². The van der Waals surface area contributed by atoms with Crippen LogP contribution in [0.1, 0.15) is 16.2 Å². The van der Waals surface area contributed by atoms with Gasteiger partial charge in [0.15, 0.2) is 0 Å². The smallest absolute Gasteiger partial charge is 0.338 e. The van der Waals surface area contributed by atoms with E-state index in [9.17, 15) is 9.59 Å². The number of para-hydroxylation sites is 1. The summed E-state index contributed by atoms with van der Waals surface area (Å²) in [6.45, 7) is 2.14. The lowest BCUT2D eigenvalue weighted by Gasteiger charge is -2.11. The van der Waals surface area contributed by atoms with Crippen molar-refractivity contribution in [2.24, 2.45) is 0 Å². The van der Waals surface area contributed by atoms with E-state index in [1.165, 1.54) is 4.57 Å². The Balaban J connectivity index is 1.73. The first-order valence-electron chi connectivity index (χ1n) is 7.45. The Kier molecular flexibility index (Phi) is 4.76. The third kappa shape index (κ3) is 3.38. The van der Waals surface area contributed by atoms with E-state index in [1.807, 2.05) is 12.1 Å². The fourth-order valence-corrected chi connectivity index (χ4v) is 2.71. The van der Waals surface area contributed by atoms with E-state index in [1.54, 1.807) is 43.3 Å². The molecule has 2 aromatic carbocycles. The van der Waals surface area contributed by atoms with Crippen LogP contribution < -0.4 is 5.56 Å². The minimum absolute atomic E-state index is 0.107. The summed E-state index contributed by atoms with van der Waals surface area (Å²) in [6, 6.07) is 14.1. The van der Waals surface area contributed by atoms with Crippen LogP contribution >= 0.6 is 15.9 Å². The molecule has 0 saturated carbocycles. The molecule has 0 spiro atoms. The number of aromatic nitrogens is 2. The second-order valence-corrected chi connectivity index (χ2v) is 6.19. The Bertz CT molecular complexity index is 949. The van der Waals surface area contributed by atoms with Gasteiger partial charge < -0.3 is 4.74 Å². The summed E-state index contributed by atoms with van der Waals surface area (Å²) < 4.78 is 7.67. The van der Waals surface area contributed by atoms with E-state index in [0.29, 0.717) is 22.3 Å². The third-order valence-electron chi connectivity index (χ3n) is 3.68. The number of halogens is 1. The Morgan fingerprint density at radius 3 is 2.62 bits per heavy atom. The van der Waals surface area contributed by atoms with E-state index in [-0.39, 0.29) is 18.7 Å². The number of nitrogens with zero attached hydrogens (tertiary/aromatic N) is 2. The number of esters is 1. The quantitative estimate of drug-likeness (QED) is 0.645. The van der Waals surface area contributed by atoms with Crippen LogP contribution in [-0.2, 0) is 11.3 Å². The van der Waals surface area contributed by atoms with Gasteiger partial charge in [-0.3, -0.25) is 9.36 Å². The number of ether oxygens (including phenoxy) is 1. The molecule has 0 amide bonds. The van der Waals surface area contributed by atoms with Gasteiger partial charge in [-0.25, -0.2) is 9.78 Å². The van der Waals surface area contributed by atoms with Crippen LogP contribution in [0, 0.1) is 6.92 Å². The van der Waals surface area contributed by atoms with Crippen LogP contribution in [0.3, 0.4) is 0 Å². The summed E-state index contributed by atoms with van der Waals surface area (Å²) >= 11 is 3.32. The average Bonchev–Trinajstić information content (AvgIpc) is 2.58. The predicted molar refractivity (Wildman–Crippen MR) is 95.2 cm³/mol. The van der Waals surface area contributed by atoms with Crippen LogP contribution in [-0.4, -0.2) is 22.1 Å². The van der Waals surface area contributed by atoms with E-state index in [2.05, 4.69) is 20.9 Å². The second kappa shape index (κ2) is 6.97. The van der Waals surface area contributed by atoms with Crippen molar-refractivity contribution in [3.8, 4) is 0 Å². The first-order valence-corrected chi connectivity index (χ1v) is 8.24. The molecule has 0 atom stereocenters. The van der Waals surface area contributed by atoms with Crippen LogP contribution in [0.4, 0.5) is 0 Å². The topological polar surface area (TPSA) is 61.2 Å². The molecule has 6 heteroatoms. The highest BCUT2D eigenvalue weighted by molar-refractivity contribution is 9.10. The van der Waals surface area contributed by atoms with E-state index >= 15 is 0 Å². The van der Waals surface area contributed by atoms with E-state index in [0.717, 1.165) is 4.47 Å². The number of benzene rings is 2. The number of hydrogen-bond donors (Lipinski definition) is 0. The number of fused-ring (bicyclic) bond motifs is 1. The Labute approximate surface area is 147 Å². The molecule has 0 fully saturated rings. The fraction of sp³-hybridized carbons (Fsp3) is 0.167. The van der Waals surface area contributed by atoms with Gasteiger partial charge in [0.05, 0.1) is 23.0 Å². The SMILES string of the molecule is Cc1nc2ccccc2c(=O)n1CCOC(=O)c1ccc(Br)cc1. The normalized spacial score (nSPS) is 10.8. The highest BCUT2D eigenvalue weighted by atomic mass is 79.9. The van der Waals surface area contributed by atoms with Crippen molar-refractivity contribution in [3.05, 3.63) is 74.7 Å². The van der Waals surface area contributed by atoms with Gasteiger partial charge in [-0.15, -0.1) is 0 Å². The highest BCUT2D eigenvalue weighted by Gasteiger charge is 2.10. The van der Waals surface area contributed by atoms with Crippen molar-refractivity contribution < 1.29 is 9.53 Å². The lowest BCUT2D eigenvalue weighted by molar-refractivity contribution is 0.0489. The van der Waals surface area contributed by atoms with Gasteiger partial charge in [-0.05, 0) is 43.3 Å². The van der Waals surface area contributed by atoms with Crippen molar-refractivity contribution >= 4 is 32.8 Å². The van der Waals surface area contributed by atoms with Crippen LogP contribution in [0.5, 0.6) is 0 Å². The molecule has 122 valence electrons. The number of rotatable bonds is 4. The zero-order valence-corrected chi connectivity index (χ0v) is 14.6. The predicted octanol–water partition coefficient (Wildman–Crippen LogP) is 3.32. The standard InChI is InChI=1S/C18H15BrN2O3/c1-12-20-16-5-3-2-4-15(16)17(22)21(12)10-11-24-18(23)13-6-8-14(19)9-7-13/h2-9H,10-11H2,1H3. The zero-order valence-electron chi connectivity index (χ0n) is 13.0. The lowest BCUT2D eigenvalue weighted by Crippen LogP contribution is -2.26. The molecular weight excluding hydrogens is 372 g/mol. The molecule has 24 heavy (non-hydrogen) atoms. The van der Waals surface area contributed by atoms with E-state index in [4.69, 9.17) is 4.74 Å². The molecule has 1 heterocycles. The van der Waals surface area contributed by atoms with Crippen LogP contribution in [0.15, 0.2) is 57.8 Å². The molecule has 0 bridgehead atoms. The number of aryl methyl sites for hydroxylation is 1. The largest absolute Gasteiger partial charge is 0.460 e. The summed E-state index contributed by atoms with van der Waals surface area (Å²) in [7, 11) is 0. The summed E-state index contributed by atoms with van der Waals surface area (Å²) in [5, 5.41) is 0.558. The third-order valence-corrected chi connectivity index (χ3v) is 4.21. The molecule has 5 nitrogen and oxygen atoms in total. The molecule has 3 rings (SSSR count). The van der Waals surface area contributed by atoms with Gasteiger partial charge in [0.25, 0.3) is 5.56 Å². The molecule has 0 aliphatic carbocycles. The van der Waals surface area contributed by atoms with Crippen molar-refractivity contribution in [2.45, 2.75) is 13.5 Å². The highest BCUT2D eigenvalue weighted by Crippen LogP contribution is 2.11. The molecule has 0 N–H and O–H groups in total. The maximum Gasteiger partial charge on any atom is 0.338 e. The molecule has 0 saturated heterocycles. The summed E-state index contributed by atoms with van der Waals surface area (Å²) in [4.78, 5) is 28.9. The van der Waals surface area contributed by atoms with Gasteiger partial charge >= 0.3 is 5.97 Å². The molecule has 0 unspecified atom stereocenters.